The first-order chi connectivity index (χ1) is 15.3. The van der Waals surface area contributed by atoms with Gasteiger partial charge in [-0.1, -0.05) is 18.2 Å². The summed E-state index contributed by atoms with van der Waals surface area (Å²) in [7, 11) is 0. The van der Waals surface area contributed by atoms with Crippen molar-refractivity contribution < 1.29 is 4.42 Å². The summed E-state index contributed by atoms with van der Waals surface area (Å²) in [5.41, 5.74) is 10.6. The number of piperazine rings is 1. The Labute approximate surface area is 181 Å². The molecule has 5 rings (SSSR count). The van der Waals surface area contributed by atoms with Crippen LogP contribution in [0.1, 0.15) is 24.1 Å². The molecule has 0 radical (unpaired) electrons. The van der Waals surface area contributed by atoms with Crippen molar-refractivity contribution in [2.45, 2.75) is 25.7 Å². The van der Waals surface area contributed by atoms with E-state index in [0.717, 1.165) is 57.6 Å². The largest absolute Gasteiger partial charge is 0.461 e. The molecule has 0 aliphatic carbocycles. The van der Waals surface area contributed by atoms with E-state index in [1.807, 2.05) is 18.2 Å². The molecule has 1 saturated heterocycles. The monoisotopic (exact) mass is 417 g/mol. The Morgan fingerprint density at radius 2 is 1.84 bits per heavy atom. The lowest BCUT2D eigenvalue weighted by Crippen LogP contribution is -2.43. The third-order valence-electron chi connectivity index (χ3n) is 5.72. The van der Waals surface area contributed by atoms with Gasteiger partial charge in [-0.2, -0.15) is 4.52 Å². The van der Waals surface area contributed by atoms with Crippen LogP contribution in [0.3, 0.4) is 0 Å². The van der Waals surface area contributed by atoms with E-state index in [4.69, 9.17) is 10.2 Å². The van der Waals surface area contributed by atoms with E-state index in [1.54, 1.807) is 10.8 Å². The zero-order chi connectivity index (χ0) is 21.0. The predicted octanol–water partition coefficient (Wildman–Crippen LogP) is 2.94. The van der Waals surface area contributed by atoms with Crippen LogP contribution in [0.15, 0.2) is 53.1 Å². The topological polar surface area (TPSA) is 97.5 Å². The second kappa shape index (κ2) is 8.77. The van der Waals surface area contributed by atoms with E-state index in [1.165, 1.54) is 11.3 Å². The zero-order valence-corrected chi connectivity index (χ0v) is 17.5. The van der Waals surface area contributed by atoms with Crippen LogP contribution < -0.4 is 16.0 Å². The molecule has 0 atom stereocenters. The molecule has 0 bridgehead atoms. The van der Waals surface area contributed by atoms with Gasteiger partial charge < -0.3 is 20.4 Å². The maximum absolute atomic E-state index is 6.13. The second-order valence-electron chi connectivity index (χ2n) is 7.86. The SMILES string of the molecule is Nc1nc(CCCCc2ccccc2N2CCNCC2)cc2nc(-c3ccco3)nn12. The van der Waals surface area contributed by atoms with E-state index in [9.17, 15) is 0 Å². The van der Waals surface area contributed by atoms with Crippen LogP contribution in [-0.2, 0) is 12.8 Å². The smallest absolute Gasteiger partial charge is 0.223 e. The second-order valence-corrected chi connectivity index (χ2v) is 7.86. The summed E-state index contributed by atoms with van der Waals surface area (Å²) in [4.78, 5) is 11.6. The standard InChI is InChI=1S/C23H27N7O/c24-23-26-18(16-21-27-22(28-30(21)23)20-10-5-15-31-20)8-3-1-6-17-7-2-4-9-19(17)29-13-11-25-12-14-29/h2,4-5,7,9-10,15-16,25H,1,3,6,8,11-14H2,(H2,24,26). The summed E-state index contributed by atoms with van der Waals surface area (Å²) >= 11 is 0. The number of aryl methyl sites for hydroxylation is 2. The number of benzene rings is 1. The van der Waals surface area contributed by atoms with Gasteiger partial charge in [0, 0.05) is 43.6 Å². The Morgan fingerprint density at radius 1 is 1.00 bits per heavy atom. The molecule has 0 spiro atoms. The van der Waals surface area contributed by atoms with Gasteiger partial charge >= 0.3 is 0 Å². The highest BCUT2D eigenvalue weighted by Crippen LogP contribution is 2.23. The van der Waals surface area contributed by atoms with Gasteiger partial charge in [0.05, 0.1) is 6.26 Å². The van der Waals surface area contributed by atoms with Crippen LogP contribution in [0, 0.1) is 0 Å². The molecule has 8 nitrogen and oxygen atoms in total. The molecule has 3 aromatic heterocycles. The molecule has 31 heavy (non-hydrogen) atoms. The minimum Gasteiger partial charge on any atom is -0.461 e. The third-order valence-corrected chi connectivity index (χ3v) is 5.72. The minimum absolute atomic E-state index is 0.349. The van der Waals surface area contributed by atoms with E-state index in [0.29, 0.717) is 23.2 Å². The van der Waals surface area contributed by atoms with Crippen LogP contribution >= 0.6 is 0 Å². The van der Waals surface area contributed by atoms with Gasteiger partial charge in [-0.25, -0.2) is 9.97 Å². The van der Waals surface area contributed by atoms with Crippen molar-refractivity contribution in [3.05, 3.63) is 60.0 Å². The molecule has 160 valence electrons. The number of nitrogens with zero attached hydrogens (tertiary/aromatic N) is 5. The lowest BCUT2D eigenvalue weighted by atomic mass is 10.0. The van der Waals surface area contributed by atoms with Gasteiger partial charge in [-0.15, -0.1) is 5.10 Å². The van der Waals surface area contributed by atoms with Crippen molar-refractivity contribution >= 4 is 17.3 Å². The van der Waals surface area contributed by atoms with Crippen molar-refractivity contribution in [2.24, 2.45) is 0 Å². The first kappa shape index (κ1) is 19.6. The van der Waals surface area contributed by atoms with Crippen LogP contribution in [0.5, 0.6) is 0 Å². The van der Waals surface area contributed by atoms with Crippen molar-refractivity contribution in [1.29, 1.82) is 0 Å². The number of aromatic nitrogens is 4. The van der Waals surface area contributed by atoms with Gasteiger partial charge in [-0.3, -0.25) is 0 Å². The molecule has 1 aliphatic rings. The van der Waals surface area contributed by atoms with Crippen molar-refractivity contribution in [3.8, 4) is 11.6 Å². The number of fused-ring (bicyclic) bond motifs is 1. The molecule has 8 heteroatoms. The average Bonchev–Trinajstić information content (AvgIpc) is 3.48. The van der Waals surface area contributed by atoms with Crippen LogP contribution in [0.25, 0.3) is 17.2 Å². The summed E-state index contributed by atoms with van der Waals surface area (Å²) in [6.45, 7) is 4.24. The number of rotatable bonds is 7. The highest BCUT2D eigenvalue weighted by molar-refractivity contribution is 5.55. The number of unbranched alkanes of at least 4 members (excludes halogenated alkanes) is 1. The van der Waals surface area contributed by atoms with Crippen LogP contribution in [-0.4, -0.2) is 45.8 Å². The highest BCUT2D eigenvalue weighted by atomic mass is 16.3. The Kier molecular flexibility index (Phi) is 5.54. The predicted molar refractivity (Wildman–Crippen MR) is 121 cm³/mol. The van der Waals surface area contributed by atoms with Crippen molar-refractivity contribution in [1.82, 2.24) is 24.9 Å². The number of nitrogens with two attached hydrogens (primary N) is 1. The lowest BCUT2D eigenvalue weighted by molar-refractivity contribution is 0.577. The molecule has 0 amide bonds. The van der Waals surface area contributed by atoms with Gasteiger partial charge in [0.25, 0.3) is 0 Å². The fraction of sp³-hybridized carbons (Fsp3) is 0.348. The third kappa shape index (κ3) is 4.25. The molecular formula is C23H27N7O. The molecule has 4 heterocycles. The summed E-state index contributed by atoms with van der Waals surface area (Å²) in [6.07, 6.45) is 5.66. The Morgan fingerprint density at radius 3 is 2.68 bits per heavy atom. The molecule has 1 fully saturated rings. The van der Waals surface area contributed by atoms with Crippen molar-refractivity contribution in [3.63, 3.8) is 0 Å². The van der Waals surface area contributed by atoms with E-state index in [2.05, 4.69) is 49.5 Å². The Hall–Kier alpha value is -3.39. The van der Waals surface area contributed by atoms with Crippen LogP contribution in [0.4, 0.5) is 11.6 Å². The number of nitrogens with one attached hydrogen (secondary N) is 1. The van der Waals surface area contributed by atoms with Gasteiger partial charge in [0.15, 0.2) is 11.4 Å². The number of furan rings is 1. The molecular weight excluding hydrogens is 390 g/mol. The molecule has 4 aromatic rings. The first-order valence-corrected chi connectivity index (χ1v) is 10.9. The summed E-state index contributed by atoms with van der Waals surface area (Å²) in [6, 6.07) is 14.4. The number of anilines is 2. The molecule has 1 aliphatic heterocycles. The molecule has 1 aromatic carbocycles. The number of nitrogen functional groups attached to an aromatic ring is 1. The number of hydrogen-bond acceptors (Lipinski definition) is 7. The molecule has 0 saturated carbocycles. The maximum Gasteiger partial charge on any atom is 0.223 e. The lowest BCUT2D eigenvalue weighted by Gasteiger charge is -2.31. The molecule has 0 unspecified atom stereocenters. The minimum atomic E-state index is 0.349. The van der Waals surface area contributed by atoms with E-state index >= 15 is 0 Å². The summed E-state index contributed by atoms with van der Waals surface area (Å²) in [5, 5.41) is 7.83. The molecule has 3 N–H and O–H groups in total. The van der Waals surface area contributed by atoms with Gasteiger partial charge in [-0.05, 0) is 49.4 Å². The summed E-state index contributed by atoms with van der Waals surface area (Å²) in [5.74, 6) is 1.48. The number of hydrogen-bond donors (Lipinski definition) is 2. The van der Waals surface area contributed by atoms with Gasteiger partial charge in [0.2, 0.25) is 11.8 Å². The highest BCUT2D eigenvalue weighted by Gasteiger charge is 2.14. The van der Waals surface area contributed by atoms with Crippen LogP contribution in [0.2, 0.25) is 0 Å². The quantitative estimate of drug-likeness (QED) is 0.446. The Balaban J connectivity index is 1.23. The van der Waals surface area contributed by atoms with E-state index in [-0.39, 0.29) is 0 Å². The van der Waals surface area contributed by atoms with E-state index < -0.39 is 0 Å². The fourth-order valence-corrected chi connectivity index (χ4v) is 4.16. The first-order valence-electron chi connectivity index (χ1n) is 10.9. The van der Waals surface area contributed by atoms with Crippen molar-refractivity contribution in [2.75, 3.05) is 36.8 Å². The average molecular weight is 418 g/mol. The number of para-hydroxylation sites is 1. The van der Waals surface area contributed by atoms with Gasteiger partial charge in [0.1, 0.15) is 0 Å². The normalized spacial score (nSPS) is 14.4. The maximum atomic E-state index is 6.13. The Bertz CT molecular complexity index is 1150. The fourth-order valence-electron chi connectivity index (χ4n) is 4.16. The zero-order valence-electron chi connectivity index (χ0n) is 17.5. The summed E-state index contributed by atoms with van der Waals surface area (Å²) < 4.78 is 6.95.